The molecule has 3 aromatic rings. The second kappa shape index (κ2) is 8.65. The first kappa shape index (κ1) is 22.7. The number of ether oxygens (including phenoxy) is 2. The van der Waals surface area contributed by atoms with Gasteiger partial charge < -0.3 is 9.47 Å². The number of hydrogen-bond acceptors (Lipinski definition) is 5. The molecule has 3 rings (SSSR count). The number of nitrogens with one attached hydrogen (secondary N) is 1. The number of fused-ring (bicyclic) bond motifs is 1. The zero-order valence-electron chi connectivity index (χ0n) is 16.6. The molecule has 8 nitrogen and oxygen atoms in total. The molecule has 31 heavy (non-hydrogen) atoms. The smallest absolute Gasteiger partial charge is 0.416 e. The maximum atomic E-state index is 13.7. The van der Waals surface area contributed by atoms with Crippen molar-refractivity contribution in [2.24, 2.45) is 0 Å². The van der Waals surface area contributed by atoms with Crippen molar-refractivity contribution in [1.29, 1.82) is 0 Å². The van der Waals surface area contributed by atoms with Gasteiger partial charge in [0.25, 0.3) is 5.56 Å². The van der Waals surface area contributed by atoms with Crippen LogP contribution in [0.2, 0.25) is 0 Å². The van der Waals surface area contributed by atoms with E-state index in [0.717, 1.165) is 10.4 Å². The molecule has 0 bridgehead atoms. The van der Waals surface area contributed by atoms with Gasteiger partial charge in [-0.15, -0.1) is 0 Å². The molecule has 0 spiro atoms. The molecule has 0 aliphatic heterocycles. The summed E-state index contributed by atoms with van der Waals surface area (Å²) >= 11 is -2.43. The van der Waals surface area contributed by atoms with Crippen molar-refractivity contribution >= 4 is 22.0 Å². The maximum absolute atomic E-state index is 13.7. The van der Waals surface area contributed by atoms with Crippen LogP contribution in [-0.2, 0) is 24.0 Å². The van der Waals surface area contributed by atoms with E-state index in [4.69, 9.17) is 14.0 Å². The molecule has 0 fully saturated rings. The summed E-state index contributed by atoms with van der Waals surface area (Å²) in [5.41, 5.74) is -1.51. The third kappa shape index (κ3) is 4.55. The number of aromatic nitrogens is 2. The fourth-order valence-corrected chi connectivity index (χ4v) is 3.38. The van der Waals surface area contributed by atoms with Crippen molar-refractivity contribution in [3.05, 3.63) is 51.8 Å². The first-order valence-corrected chi connectivity index (χ1v) is 9.80. The Morgan fingerprint density at radius 2 is 1.74 bits per heavy atom. The van der Waals surface area contributed by atoms with E-state index in [9.17, 15) is 22.2 Å². The first-order valence-electron chi connectivity index (χ1n) is 8.73. The molecule has 0 aliphatic carbocycles. The molecular formula is C19H18F3N3O5S. The van der Waals surface area contributed by atoms with Gasteiger partial charge >= 0.3 is 6.18 Å². The van der Waals surface area contributed by atoms with Crippen LogP contribution in [0.15, 0.2) is 35.1 Å². The lowest BCUT2D eigenvalue weighted by Crippen LogP contribution is -2.22. The van der Waals surface area contributed by atoms with E-state index in [1.165, 1.54) is 45.5 Å². The normalized spacial score (nSPS) is 12.9. The highest BCUT2D eigenvalue weighted by Crippen LogP contribution is 2.38. The van der Waals surface area contributed by atoms with Crippen molar-refractivity contribution < 1.29 is 31.4 Å². The van der Waals surface area contributed by atoms with E-state index in [-0.39, 0.29) is 39.1 Å². The molecule has 0 saturated carbocycles. The lowest BCUT2D eigenvalue weighted by Gasteiger charge is -2.18. The van der Waals surface area contributed by atoms with E-state index in [1.54, 1.807) is 0 Å². The predicted octanol–water partition coefficient (Wildman–Crippen LogP) is 3.19. The van der Waals surface area contributed by atoms with Crippen LogP contribution < -0.4 is 15.0 Å². The molecular weight excluding hydrogens is 439 g/mol. The number of aromatic amines is 1. The number of benzene rings is 2. The van der Waals surface area contributed by atoms with E-state index < -0.39 is 35.1 Å². The molecule has 2 N–H and O–H groups in total. The van der Waals surface area contributed by atoms with Gasteiger partial charge in [-0.1, -0.05) is 12.1 Å². The number of H-pyrrole nitrogens is 1. The highest BCUT2D eigenvalue weighted by Gasteiger charge is 2.34. The molecule has 2 aromatic carbocycles. The van der Waals surface area contributed by atoms with Crippen molar-refractivity contribution in [2.45, 2.75) is 12.7 Å². The molecule has 1 aromatic heterocycles. The van der Waals surface area contributed by atoms with Gasteiger partial charge in [0.2, 0.25) is 11.3 Å². The summed E-state index contributed by atoms with van der Waals surface area (Å²) in [5, 5.41) is 6.67. The second-order valence-electron chi connectivity index (χ2n) is 6.54. The molecule has 1 heterocycles. The molecule has 12 heteroatoms. The highest BCUT2D eigenvalue weighted by atomic mass is 32.2. The monoisotopic (exact) mass is 457 g/mol. The van der Waals surface area contributed by atoms with Crippen LogP contribution in [0.4, 0.5) is 13.2 Å². The first-order chi connectivity index (χ1) is 14.6. The van der Waals surface area contributed by atoms with Crippen LogP contribution in [0.3, 0.4) is 0 Å². The Balaban J connectivity index is 2.24. The molecule has 0 aliphatic rings. The van der Waals surface area contributed by atoms with Crippen LogP contribution in [0.1, 0.15) is 11.1 Å². The third-order valence-corrected chi connectivity index (χ3v) is 5.30. The standard InChI is InChI=1S/C19H18F3N3O5S/c1-25(31(27)28)9-11-5-4-10(6-14(11)19(20,21)22)17-12-7-15(29-2)16(30-3)8-13(12)18(26)24-23-17/h4-8H,9H2,1-3H3,(H,24,26)(H,27,28). The molecule has 0 radical (unpaired) electrons. The SMILES string of the molecule is COc1cc2c(-c3ccc(CN(C)S(=O)O)c(C(F)(F)F)c3)n[nH]c(=O)c2cc1OC. The zero-order chi connectivity index (χ0) is 22.9. The Labute approximate surface area is 177 Å². The predicted molar refractivity (Wildman–Crippen MR) is 108 cm³/mol. The summed E-state index contributed by atoms with van der Waals surface area (Å²) in [7, 11) is 4.01. The van der Waals surface area contributed by atoms with Crippen LogP contribution in [0.25, 0.3) is 22.0 Å². The third-order valence-electron chi connectivity index (χ3n) is 4.64. The average Bonchev–Trinajstić information content (AvgIpc) is 2.72. The Hall–Kier alpha value is -2.96. The minimum absolute atomic E-state index is 0.0947. The quantitative estimate of drug-likeness (QED) is 0.551. The van der Waals surface area contributed by atoms with Gasteiger partial charge in [-0.25, -0.2) is 9.31 Å². The number of hydrogen-bond donors (Lipinski definition) is 2. The number of methoxy groups -OCH3 is 2. The largest absolute Gasteiger partial charge is 0.493 e. The lowest BCUT2D eigenvalue weighted by atomic mass is 9.98. The summed E-state index contributed by atoms with van der Waals surface area (Å²) < 4.78 is 72.7. The van der Waals surface area contributed by atoms with Gasteiger partial charge in [-0.05, 0) is 23.8 Å². The van der Waals surface area contributed by atoms with Gasteiger partial charge in [0.05, 0.1) is 30.9 Å². The fourth-order valence-electron chi connectivity index (χ4n) is 3.13. The van der Waals surface area contributed by atoms with Gasteiger partial charge in [0, 0.05) is 24.5 Å². The summed E-state index contributed by atoms with van der Waals surface area (Å²) in [5.74, 6) is 0.562. The summed E-state index contributed by atoms with van der Waals surface area (Å²) in [6.07, 6.45) is -4.72. The van der Waals surface area contributed by atoms with Crippen LogP contribution in [0, 0.1) is 0 Å². The number of rotatable bonds is 6. The van der Waals surface area contributed by atoms with Crippen LogP contribution >= 0.6 is 0 Å². The van der Waals surface area contributed by atoms with Crippen molar-refractivity contribution in [3.8, 4) is 22.8 Å². The minimum Gasteiger partial charge on any atom is -0.493 e. The van der Waals surface area contributed by atoms with Crippen molar-refractivity contribution in [3.63, 3.8) is 0 Å². The van der Waals surface area contributed by atoms with Gasteiger partial charge in [-0.2, -0.15) is 22.6 Å². The van der Waals surface area contributed by atoms with Gasteiger partial charge in [0.1, 0.15) is 0 Å². The fraction of sp³-hybridized carbons (Fsp3) is 0.263. The Kier molecular flexibility index (Phi) is 6.34. The maximum Gasteiger partial charge on any atom is 0.416 e. The average molecular weight is 457 g/mol. The van der Waals surface area contributed by atoms with Gasteiger partial charge in [0.15, 0.2) is 11.5 Å². The zero-order valence-corrected chi connectivity index (χ0v) is 17.4. The number of alkyl halides is 3. The van der Waals surface area contributed by atoms with Gasteiger partial charge in [-0.3, -0.25) is 9.35 Å². The van der Waals surface area contributed by atoms with Crippen LogP contribution in [0.5, 0.6) is 11.5 Å². The highest BCUT2D eigenvalue weighted by molar-refractivity contribution is 7.76. The second-order valence-corrected chi connectivity index (χ2v) is 7.63. The lowest BCUT2D eigenvalue weighted by molar-refractivity contribution is -0.138. The van der Waals surface area contributed by atoms with E-state index >= 15 is 0 Å². The van der Waals surface area contributed by atoms with Crippen LogP contribution in [-0.4, -0.2) is 44.5 Å². The summed E-state index contributed by atoms with van der Waals surface area (Å²) in [6, 6.07) is 6.38. The topological polar surface area (TPSA) is 105 Å². The molecule has 1 unspecified atom stereocenters. The number of nitrogens with zero attached hydrogens (tertiary/aromatic N) is 2. The Morgan fingerprint density at radius 1 is 1.13 bits per heavy atom. The van der Waals surface area contributed by atoms with E-state index in [1.807, 2.05) is 0 Å². The molecule has 166 valence electrons. The van der Waals surface area contributed by atoms with E-state index in [0.29, 0.717) is 0 Å². The molecule has 1 atom stereocenters. The molecule has 0 saturated heterocycles. The molecule has 0 amide bonds. The Bertz CT molecular complexity index is 1210. The Morgan fingerprint density at radius 3 is 2.29 bits per heavy atom. The van der Waals surface area contributed by atoms with E-state index in [2.05, 4.69) is 10.2 Å². The minimum atomic E-state index is -4.72. The number of halogens is 3. The summed E-state index contributed by atoms with van der Waals surface area (Å²) in [4.78, 5) is 12.2. The summed E-state index contributed by atoms with van der Waals surface area (Å²) in [6.45, 7) is -0.400. The van der Waals surface area contributed by atoms with Crippen molar-refractivity contribution in [1.82, 2.24) is 14.5 Å². The van der Waals surface area contributed by atoms with Crippen molar-refractivity contribution in [2.75, 3.05) is 21.3 Å².